The van der Waals surface area contributed by atoms with Crippen molar-refractivity contribution >= 4 is 46.0 Å². The van der Waals surface area contributed by atoms with Crippen molar-refractivity contribution in [1.29, 1.82) is 0 Å². The predicted molar refractivity (Wildman–Crippen MR) is 124 cm³/mol. The van der Waals surface area contributed by atoms with Crippen LogP contribution >= 0.6 is 34.4 Å². The van der Waals surface area contributed by atoms with Gasteiger partial charge in [-0.2, -0.15) is 0 Å². The first kappa shape index (κ1) is 20.0. The van der Waals surface area contributed by atoms with E-state index in [2.05, 4.69) is 15.0 Å². The number of thiophene rings is 2. The van der Waals surface area contributed by atoms with Gasteiger partial charge in [0.1, 0.15) is 17.1 Å². The number of hydrogen-bond donors (Lipinski definition) is 3. The number of Topliss-reactive ketones (excluding diaryl/α,β-unsaturated/α-hetero) is 1. The third-order valence-corrected chi connectivity index (χ3v) is 7.55. The number of nitrogens with one attached hydrogen (secondary N) is 2. The molecule has 31 heavy (non-hydrogen) atoms. The van der Waals surface area contributed by atoms with Crippen molar-refractivity contribution in [3.63, 3.8) is 0 Å². The van der Waals surface area contributed by atoms with Gasteiger partial charge in [-0.25, -0.2) is 9.78 Å². The number of carbonyl (C=O) groups is 1. The van der Waals surface area contributed by atoms with E-state index in [0.717, 1.165) is 34.0 Å². The molecule has 0 aromatic carbocycles. The van der Waals surface area contributed by atoms with Crippen molar-refractivity contribution in [3.05, 3.63) is 61.4 Å². The summed E-state index contributed by atoms with van der Waals surface area (Å²) in [5, 5.41) is 4.56. The smallest absolute Gasteiger partial charge is 0.330 e. The van der Waals surface area contributed by atoms with Crippen LogP contribution in [0.25, 0.3) is 21.1 Å². The molecule has 0 spiro atoms. The van der Waals surface area contributed by atoms with Crippen molar-refractivity contribution in [3.8, 4) is 21.1 Å². The van der Waals surface area contributed by atoms with Crippen molar-refractivity contribution in [2.24, 2.45) is 0 Å². The first-order chi connectivity index (χ1) is 15.0. The maximum Gasteiger partial charge on any atom is 0.330 e. The largest absolute Gasteiger partial charge is 0.384 e. The number of carbonyl (C=O) groups excluding carboxylic acids is 1. The minimum absolute atomic E-state index is 0.0303. The van der Waals surface area contributed by atoms with Gasteiger partial charge >= 0.3 is 5.69 Å². The molecule has 11 heteroatoms. The van der Waals surface area contributed by atoms with Crippen molar-refractivity contribution in [1.82, 2.24) is 19.5 Å². The summed E-state index contributed by atoms with van der Waals surface area (Å²) in [5.41, 5.74) is 6.29. The summed E-state index contributed by atoms with van der Waals surface area (Å²) in [6, 6.07) is 7.90. The van der Waals surface area contributed by atoms with Crippen LogP contribution in [0.3, 0.4) is 0 Å². The molecule has 4 N–H and O–H groups in total. The van der Waals surface area contributed by atoms with Gasteiger partial charge in [-0.05, 0) is 35.7 Å². The van der Waals surface area contributed by atoms with Crippen molar-refractivity contribution in [2.75, 3.05) is 11.5 Å². The summed E-state index contributed by atoms with van der Waals surface area (Å²) in [7, 11) is 0. The Kier molecular flexibility index (Phi) is 5.16. The Morgan fingerprint density at radius 2 is 1.87 bits per heavy atom. The first-order valence-corrected chi connectivity index (χ1v) is 12.3. The summed E-state index contributed by atoms with van der Waals surface area (Å²) >= 11 is 4.39. The Labute approximate surface area is 188 Å². The topological polar surface area (TPSA) is 127 Å². The normalized spacial score (nSPS) is 13.5. The van der Waals surface area contributed by atoms with E-state index in [4.69, 9.17) is 5.73 Å². The molecule has 4 aromatic rings. The molecule has 5 rings (SSSR count). The highest BCUT2D eigenvalue weighted by Crippen LogP contribution is 2.37. The van der Waals surface area contributed by atoms with E-state index in [-0.39, 0.29) is 23.2 Å². The molecule has 4 aromatic heterocycles. The molecule has 0 atom stereocenters. The van der Waals surface area contributed by atoms with Crippen LogP contribution in [0.2, 0.25) is 0 Å². The average molecular weight is 472 g/mol. The minimum atomic E-state index is -0.747. The highest BCUT2D eigenvalue weighted by atomic mass is 32.2. The average Bonchev–Trinajstić information content (AvgIpc) is 3.18. The quantitative estimate of drug-likeness (QED) is 0.279. The number of anilines is 1. The molecule has 1 fully saturated rings. The van der Waals surface area contributed by atoms with Gasteiger partial charge in [0.05, 0.1) is 21.2 Å². The van der Waals surface area contributed by atoms with Gasteiger partial charge in [0.25, 0.3) is 5.56 Å². The fourth-order valence-electron chi connectivity index (χ4n) is 3.35. The summed E-state index contributed by atoms with van der Waals surface area (Å²) in [4.78, 5) is 49.5. The van der Waals surface area contributed by atoms with Crippen LogP contribution in [-0.4, -0.2) is 31.1 Å². The van der Waals surface area contributed by atoms with Gasteiger partial charge in [0, 0.05) is 6.04 Å². The third kappa shape index (κ3) is 3.80. The Balaban J connectivity index is 1.43. The van der Waals surface area contributed by atoms with Crippen LogP contribution in [0.15, 0.2) is 49.8 Å². The number of nitrogens with two attached hydrogens (primary N) is 1. The molecule has 8 nitrogen and oxygen atoms in total. The zero-order chi connectivity index (χ0) is 21.5. The Hall–Kier alpha value is -2.89. The molecular weight excluding hydrogens is 454 g/mol. The number of hydrogen-bond acceptors (Lipinski definition) is 8. The molecule has 4 heterocycles. The van der Waals surface area contributed by atoms with E-state index >= 15 is 0 Å². The summed E-state index contributed by atoms with van der Waals surface area (Å²) in [6.07, 6.45) is 1.61. The maximum absolute atomic E-state index is 12.8. The molecule has 0 unspecified atom stereocenters. The first-order valence-electron chi connectivity index (χ1n) is 9.51. The fourth-order valence-corrected chi connectivity index (χ4v) is 5.54. The Bertz CT molecular complexity index is 1310. The highest BCUT2D eigenvalue weighted by Gasteiger charge is 2.30. The summed E-state index contributed by atoms with van der Waals surface area (Å²) in [5.74, 6) is -0.526. The maximum atomic E-state index is 12.8. The second-order valence-corrected chi connectivity index (χ2v) is 9.91. The number of rotatable bonds is 7. The van der Waals surface area contributed by atoms with Crippen LogP contribution in [-0.2, 0) is 0 Å². The second kappa shape index (κ2) is 7.98. The van der Waals surface area contributed by atoms with Crippen molar-refractivity contribution in [2.45, 2.75) is 24.0 Å². The number of imidazole rings is 1. The number of nitrogen functional groups attached to an aromatic ring is 1. The van der Waals surface area contributed by atoms with Gasteiger partial charge in [0.2, 0.25) is 0 Å². The molecule has 0 saturated heterocycles. The van der Waals surface area contributed by atoms with Gasteiger partial charge < -0.3 is 10.7 Å². The standard InChI is InChI=1S/C20H17N5O3S3/c21-17-14(18(27)24-20(28)25(17)10-5-6-10)11(26)9-31-19-22-15(12-3-1-7-29-12)16(23-19)13-4-2-8-30-13/h1-4,7-8,10H,5-6,9,21H2,(H,22,23)(H,24,27,28). The summed E-state index contributed by atoms with van der Waals surface area (Å²) < 4.78 is 1.32. The van der Waals surface area contributed by atoms with E-state index in [1.54, 1.807) is 22.7 Å². The molecule has 1 aliphatic rings. The molecular formula is C20H17N5O3S3. The lowest BCUT2D eigenvalue weighted by Gasteiger charge is -2.10. The monoisotopic (exact) mass is 471 g/mol. The van der Waals surface area contributed by atoms with Gasteiger partial charge in [0.15, 0.2) is 10.9 Å². The molecule has 0 bridgehead atoms. The van der Waals surface area contributed by atoms with E-state index in [9.17, 15) is 14.4 Å². The molecule has 1 aliphatic carbocycles. The number of thioether (sulfide) groups is 1. The number of H-pyrrole nitrogens is 2. The lowest BCUT2D eigenvalue weighted by molar-refractivity contribution is 0.102. The van der Waals surface area contributed by atoms with Crippen molar-refractivity contribution < 1.29 is 4.79 Å². The van der Waals surface area contributed by atoms with Gasteiger partial charge in [-0.3, -0.25) is 19.1 Å². The molecule has 0 amide bonds. The van der Waals surface area contributed by atoms with Crippen LogP contribution in [0.5, 0.6) is 0 Å². The number of ketones is 1. The van der Waals surface area contributed by atoms with E-state index in [0.29, 0.717) is 5.16 Å². The number of aromatic amines is 2. The van der Waals surface area contributed by atoms with E-state index < -0.39 is 17.0 Å². The Morgan fingerprint density at radius 3 is 2.52 bits per heavy atom. The predicted octanol–water partition coefficient (Wildman–Crippen LogP) is 3.61. The highest BCUT2D eigenvalue weighted by molar-refractivity contribution is 7.99. The molecule has 158 valence electrons. The lowest BCUT2D eigenvalue weighted by atomic mass is 10.2. The summed E-state index contributed by atoms with van der Waals surface area (Å²) in [6.45, 7) is 0. The van der Waals surface area contributed by atoms with E-state index in [1.807, 2.05) is 35.0 Å². The lowest BCUT2D eigenvalue weighted by Crippen LogP contribution is -2.36. The molecule has 0 aliphatic heterocycles. The third-order valence-electron chi connectivity index (χ3n) is 4.92. The SMILES string of the molecule is Nc1c(C(=O)CSc2nc(-c3cccs3)c(-c3cccs3)[nH]2)c(=O)[nH]c(=O)n1C1CC1. The van der Waals surface area contributed by atoms with Gasteiger partial charge in [-0.1, -0.05) is 23.9 Å². The number of aromatic nitrogens is 4. The molecule has 0 radical (unpaired) electrons. The fraction of sp³-hybridized carbons (Fsp3) is 0.200. The van der Waals surface area contributed by atoms with Crippen LogP contribution in [0.4, 0.5) is 5.82 Å². The van der Waals surface area contributed by atoms with Crippen LogP contribution in [0, 0.1) is 0 Å². The Morgan fingerprint density at radius 1 is 1.16 bits per heavy atom. The zero-order valence-corrected chi connectivity index (χ0v) is 18.5. The van der Waals surface area contributed by atoms with Gasteiger partial charge in [-0.15, -0.1) is 22.7 Å². The second-order valence-electron chi connectivity index (χ2n) is 7.05. The zero-order valence-electron chi connectivity index (χ0n) is 16.1. The minimum Gasteiger partial charge on any atom is -0.384 e. The van der Waals surface area contributed by atoms with Crippen LogP contribution < -0.4 is 17.0 Å². The van der Waals surface area contributed by atoms with Crippen LogP contribution in [0.1, 0.15) is 29.2 Å². The number of nitrogens with zero attached hydrogens (tertiary/aromatic N) is 2. The molecule has 1 saturated carbocycles. The van der Waals surface area contributed by atoms with E-state index in [1.165, 1.54) is 16.3 Å².